The van der Waals surface area contributed by atoms with E-state index in [1.54, 1.807) is 0 Å². The Bertz CT molecular complexity index is 505. The fourth-order valence-corrected chi connectivity index (χ4v) is 2.73. The zero-order valence-electron chi connectivity index (χ0n) is 9.18. The molecule has 0 aliphatic heterocycles. The molecule has 0 aliphatic carbocycles. The lowest BCUT2D eigenvalue weighted by Crippen LogP contribution is -2.14. The van der Waals surface area contributed by atoms with Gasteiger partial charge in [-0.05, 0) is 47.6 Å². The predicted octanol–water partition coefficient (Wildman–Crippen LogP) is 4.52. The lowest BCUT2D eigenvalue weighted by Gasteiger charge is -2.09. The zero-order valence-corrected chi connectivity index (χ0v) is 11.5. The van der Waals surface area contributed by atoms with Gasteiger partial charge in [0.1, 0.15) is 11.3 Å². The normalized spacial score (nSPS) is 13.2. The Balaban J connectivity index is 2.55. The van der Waals surface area contributed by atoms with Gasteiger partial charge >= 0.3 is 0 Å². The Hall–Kier alpha value is -0.510. The standard InChI is InChI=1S/C12H13BrClNO/c1-3-10(15-2)11-5-7-4-8(14)6-9(13)12(7)16-11/h4-6,10,15H,3H2,1-2H3. The van der Waals surface area contributed by atoms with Crippen LogP contribution in [0, 0.1) is 0 Å². The van der Waals surface area contributed by atoms with Crippen LogP contribution in [0.1, 0.15) is 25.1 Å². The van der Waals surface area contributed by atoms with Gasteiger partial charge in [0.15, 0.2) is 0 Å². The van der Waals surface area contributed by atoms with Crippen molar-refractivity contribution in [1.82, 2.24) is 5.32 Å². The van der Waals surface area contributed by atoms with Gasteiger partial charge in [-0.3, -0.25) is 0 Å². The molecule has 1 aromatic carbocycles. The van der Waals surface area contributed by atoms with E-state index in [0.29, 0.717) is 5.02 Å². The summed E-state index contributed by atoms with van der Waals surface area (Å²) in [5.74, 6) is 0.947. The Morgan fingerprint density at radius 3 is 2.81 bits per heavy atom. The summed E-state index contributed by atoms with van der Waals surface area (Å²) in [6.45, 7) is 2.12. The topological polar surface area (TPSA) is 25.2 Å². The van der Waals surface area contributed by atoms with Crippen LogP contribution in [-0.4, -0.2) is 7.05 Å². The summed E-state index contributed by atoms with van der Waals surface area (Å²) in [5, 5.41) is 4.96. The first-order chi connectivity index (χ1) is 7.65. The summed E-state index contributed by atoms with van der Waals surface area (Å²) in [7, 11) is 1.93. The molecule has 1 N–H and O–H groups in total. The molecule has 1 unspecified atom stereocenters. The molecule has 0 saturated carbocycles. The van der Waals surface area contributed by atoms with Crippen molar-refractivity contribution in [2.24, 2.45) is 0 Å². The summed E-state index contributed by atoms with van der Waals surface area (Å²) in [6, 6.07) is 6.05. The molecule has 0 saturated heterocycles. The van der Waals surface area contributed by atoms with Gasteiger partial charge in [0.2, 0.25) is 0 Å². The number of nitrogens with one attached hydrogen (secondary N) is 1. The largest absolute Gasteiger partial charge is 0.458 e. The Kier molecular flexibility index (Phi) is 3.57. The van der Waals surface area contributed by atoms with E-state index in [0.717, 1.165) is 27.6 Å². The first-order valence-corrected chi connectivity index (χ1v) is 6.38. The van der Waals surface area contributed by atoms with Crippen LogP contribution >= 0.6 is 27.5 Å². The first-order valence-electron chi connectivity index (χ1n) is 5.21. The highest BCUT2D eigenvalue weighted by molar-refractivity contribution is 9.10. The van der Waals surface area contributed by atoms with Crippen molar-refractivity contribution in [3.8, 4) is 0 Å². The second-order valence-electron chi connectivity index (χ2n) is 3.70. The van der Waals surface area contributed by atoms with Gasteiger partial charge in [-0.2, -0.15) is 0 Å². The van der Waals surface area contributed by atoms with Crippen LogP contribution < -0.4 is 5.32 Å². The van der Waals surface area contributed by atoms with Crippen LogP contribution in [0.15, 0.2) is 27.1 Å². The zero-order chi connectivity index (χ0) is 11.7. The molecule has 4 heteroatoms. The lowest BCUT2D eigenvalue weighted by atomic mass is 10.1. The molecule has 0 radical (unpaired) electrons. The molecular formula is C12H13BrClNO. The van der Waals surface area contributed by atoms with E-state index >= 15 is 0 Å². The van der Waals surface area contributed by atoms with Gasteiger partial charge in [0, 0.05) is 10.4 Å². The second-order valence-corrected chi connectivity index (χ2v) is 5.00. The van der Waals surface area contributed by atoms with Gasteiger partial charge in [0.05, 0.1) is 10.5 Å². The van der Waals surface area contributed by atoms with Gasteiger partial charge in [0.25, 0.3) is 0 Å². The monoisotopic (exact) mass is 301 g/mol. The summed E-state index contributed by atoms with van der Waals surface area (Å²) >= 11 is 9.45. The molecule has 2 rings (SSSR count). The summed E-state index contributed by atoms with van der Waals surface area (Å²) in [6.07, 6.45) is 0.988. The molecular weight excluding hydrogens is 289 g/mol. The smallest absolute Gasteiger partial charge is 0.148 e. The van der Waals surface area contributed by atoms with Gasteiger partial charge in [-0.1, -0.05) is 18.5 Å². The highest BCUT2D eigenvalue weighted by Crippen LogP contribution is 2.33. The van der Waals surface area contributed by atoms with Crippen LogP contribution in [0.3, 0.4) is 0 Å². The highest BCUT2D eigenvalue weighted by Gasteiger charge is 2.14. The van der Waals surface area contributed by atoms with Gasteiger partial charge < -0.3 is 9.73 Å². The molecule has 0 amide bonds. The van der Waals surface area contributed by atoms with E-state index in [9.17, 15) is 0 Å². The fraction of sp³-hybridized carbons (Fsp3) is 0.333. The molecule has 1 aromatic heterocycles. The van der Waals surface area contributed by atoms with Crippen molar-refractivity contribution in [3.63, 3.8) is 0 Å². The Morgan fingerprint density at radius 1 is 1.44 bits per heavy atom. The minimum Gasteiger partial charge on any atom is -0.458 e. The number of rotatable bonds is 3. The molecule has 1 atom stereocenters. The molecule has 0 bridgehead atoms. The van der Waals surface area contributed by atoms with Crippen LogP contribution in [0.5, 0.6) is 0 Å². The number of fused-ring (bicyclic) bond motifs is 1. The van der Waals surface area contributed by atoms with E-state index in [2.05, 4.69) is 28.2 Å². The van der Waals surface area contributed by atoms with Crippen LogP contribution in [-0.2, 0) is 0 Å². The Morgan fingerprint density at radius 2 is 2.19 bits per heavy atom. The Labute approximate surface area is 108 Å². The number of furan rings is 1. The van der Waals surface area contributed by atoms with Crippen LogP contribution in [0.2, 0.25) is 5.02 Å². The molecule has 2 aromatic rings. The summed E-state index contributed by atoms with van der Waals surface area (Å²) in [4.78, 5) is 0. The molecule has 1 heterocycles. The molecule has 16 heavy (non-hydrogen) atoms. The SMILES string of the molecule is CCC(NC)c1cc2cc(Cl)cc(Br)c2o1. The van der Waals surface area contributed by atoms with Crippen molar-refractivity contribution in [2.75, 3.05) is 7.05 Å². The maximum absolute atomic E-state index is 5.99. The predicted molar refractivity (Wildman–Crippen MR) is 71.0 cm³/mol. The second kappa shape index (κ2) is 4.78. The average molecular weight is 303 g/mol. The van der Waals surface area contributed by atoms with Crippen LogP contribution in [0.4, 0.5) is 0 Å². The third kappa shape index (κ3) is 2.12. The van der Waals surface area contributed by atoms with Crippen molar-refractivity contribution in [3.05, 3.63) is 33.5 Å². The summed E-state index contributed by atoms with van der Waals surface area (Å²) in [5.41, 5.74) is 0.855. The molecule has 86 valence electrons. The highest BCUT2D eigenvalue weighted by atomic mass is 79.9. The van der Waals surface area contributed by atoms with Crippen molar-refractivity contribution < 1.29 is 4.42 Å². The number of hydrogen-bond donors (Lipinski definition) is 1. The van der Waals surface area contributed by atoms with E-state index in [1.165, 1.54) is 0 Å². The van der Waals surface area contributed by atoms with Crippen molar-refractivity contribution in [2.45, 2.75) is 19.4 Å². The minimum atomic E-state index is 0.248. The maximum Gasteiger partial charge on any atom is 0.148 e. The van der Waals surface area contributed by atoms with E-state index in [1.807, 2.05) is 25.2 Å². The van der Waals surface area contributed by atoms with E-state index in [-0.39, 0.29) is 6.04 Å². The lowest BCUT2D eigenvalue weighted by molar-refractivity contribution is 0.444. The number of hydrogen-bond acceptors (Lipinski definition) is 2. The molecule has 0 aliphatic rings. The van der Waals surface area contributed by atoms with E-state index < -0.39 is 0 Å². The molecule has 2 nitrogen and oxygen atoms in total. The first kappa shape index (κ1) is 12.0. The van der Waals surface area contributed by atoms with E-state index in [4.69, 9.17) is 16.0 Å². The van der Waals surface area contributed by atoms with Crippen molar-refractivity contribution in [1.29, 1.82) is 0 Å². The third-order valence-electron chi connectivity index (χ3n) is 2.65. The molecule has 0 fully saturated rings. The number of benzene rings is 1. The molecule has 0 spiro atoms. The minimum absolute atomic E-state index is 0.248. The summed E-state index contributed by atoms with van der Waals surface area (Å²) < 4.78 is 6.73. The fourth-order valence-electron chi connectivity index (χ4n) is 1.82. The third-order valence-corrected chi connectivity index (χ3v) is 3.46. The van der Waals surface area contributed by atoms with Crippen molar-refractivity contribution >= 4 is 38.5 Å². The number of halogens is 2. The average Bonchev–Trinajstić information content (AvgIpc) is 2.63. The van der Waals surface area contributed by atoms with Gasteiger partial charge in [-0.15, -0.1) is 0 Å². The van der Waals surface area contributed by atoms with Gasteiger partial charge in [-0.25, -0.2) is 0 Å². The quantitative estimate of drug-likeness (QED) is 0.902. The van der Waals surface area contributed by atoms with Crippen LogP contribution in [0.25, 0.3) is 11.0 Å². The maximum atomic E-state index is 5.99.